The van der Waals surface area contributed by atoms with Gasteiger partial charge in [0.1, 0.15) is 5.82 Å². The number of nitrogens with zero attached hydrogens (tertiary/aromatic N) is 3. The molecule has 1 aromatic heterocycles. The van der Waals surface area contributed by atoms with Gasteiger partial charge in [0.25, 0.3) is 0 Å². The van der Waals surface area contributed by atoms with E-state index in [4.69, 9.17) is 0 Å². The molecule has 14 heavy (non-hydrogen) atoms. The number of alkyl halides is 1. The van der Waals surface area contributed by atoms with E-state index in [9.17, 15) is 0 Å². The summed E-state index contributed by atoms with van der Waals surface area (Å²) in [5.74, 6) is 2.09. The van der Waals surface area contributed by atoms with Crippen molar-refractivity contribution < 1.29 is 0 Å². The quantitative estimate of drug-likeness (QED) is 0.640. The zero-order valence-electron chi connectivity index (χ0n) is 8.34. The lowest BCUT2D eigenvalue weighted by Crippen LogP contribution is -2.10. The van der Waals surface area contributed by atoms with Crippen LogP contribution in [0.15, 0.2) is 0 Å². The molecule has 0 aromatic carbocycles. The minimum Gasteiger partial charge on any atom is -0.354 e. The molecular weight excluding hydrogens is 293 g/mol. The molecule has 6 heteroatoms. The van der Waals surface area contributed by atoms with Crippen molar-refractivity contribution in [2.75, 3.05) is 23.7 Å². The van der Waals surface area contributed by atoms with Gasteiger partial charge >= 0.3 is 0 Å². The first-order chi connectivity index (χ1) is 6.80. The SMILES string of the molecule is CCNc1nc(CI)nc(NCC)n1. The van der Waals surface area contributed by atoms with Gasteiger partial charge in [0.15, 0.2) is 0 Å². The number of nitrogens with one attached hydrogen (secondary N) is 2. The predicted molar refractivity (Wildman–Crippen MR) is 65.9 cm³/mol. The van der Waals surface area contributed by atoms with Gasteiger partial charge in [-0.3, -0.25) is 0 Å². The zero-order valence-corrected chi connectivity index (χ0v) is 10.5. The monoisotopic (exact) mass is 307 g/mol. The molecule has 0 fully saturated rings. The molecule has 78 valence electrons. The maximum atomic E-state index is 4.24. The first-order valence-electron chi connectivity index (χ1n) is 4.58. The Kier molecular flexibility index (Phi) is 4.85. The molecule has 0 unspecified atom stereocenters. The van der Waals surface area contributed by atoms with Crippen molar-refractivity contribution in [2.45, 2.75) is 18.3 Å². The third-order valence-electron chi connectivity index (χ3n) is 1.47. The average Bonchev–Trinajstić information content (AvgIpc) is 2.18. The molecule has 0 aliphatic carbocycles. The number of rotatable bonds is 5. The van der Waals surface area contributed by atoms with Crippen molar-refractivity contribution in [1.29, 1.82) is 0 Å². The first-order valence-corrected chi connectivity index (χ1v) is 6.11. The summed E-state index contributed by atoms with van der Waals surface area (Å²) in [6.07, 6.45) is 0. The number of aromatic nitrogens is 3. The van der Waals surface area contributed by atoms with Crippen molar-refractivity contribution in [3.63, 3.8) is 0 Å². The lowest BCUT2D eigenvalue weighted by molar-refractivity contribution is 0.948. The van der Waals surface area contributed by atoms with Gasteiger partial charge in [-0.1, -0.05) is 22.6 Å². The minimum absolute atomic E-state index is 0.644. The van der Waals surface area contributed by atoms with Crippen LogP contribution < -0.4 is 10.6 Å². The van der Waals surface area contributed by atoms with Crippen molar-refractivity contribution in [3.05, 3.63) is 5.82 Å². The average molecular weight is 307 g/mol. The van der Waals surface area contributed by atoms with Crippen LogP contribution in [0.2, 0.25) is 0 Å². The second-order valence-electron chi connectivity index (χ2n) is 2.59. The highest BCUT2D eigenvalue weighted by molar-refractivity contribution is 14.1. The van der Waals surface area contributed by atoms with Crippen LogP contribution in [-0.4, -0.2) is 28.0 Å². The lowest BCUT2D eigenvalue weighted by atomic mass is 10.6. The lowest BCUT2D eigenvalue weighted by Gasteiger charge is -2.06. The molecule has 0 aliphatic rings. The van der Waals surface area contributed by atoms with Crippen molar-refractivity contribution in [1.82, 2.24) is 15.0 Å². The Morgan fingerprint density at radius 3 is 1.86 bits per heavy atom. The zero-order chi connectivity index (χ0) is 10.4. The van der Waals surface area contributed by atoms with Gasteiger partial charge in [0, 0.05) is 13.1 Å². The molecule has 0 saturated carbocycles. The highest BCUT2D eigenvalue weighted by Gasteiger charge is 2.03. The molecular formula is C8H14IN5. The normalized spacial score (nSPS) is 9.93. The van der Waals surface area contributed by atoms with E-state index in [1.165, 1.54) is 0 Å². The Balaban J connectivity index is 2.88. The summed E-state index contributed by atoms with van der Waals surface area (Å²) < 4.78 is 0.789. The molecule has 1 heterocycles. The van der Waals surface area contributed by atoms with E-state index in [-0.39, 0.29) is 0 Å². The molecule has 0 atom stereocenters. The molecule has 0 aliphatic heterocycles. The standard InChI is InChI=1S/C8H14IN5/c1-3-10-7-12-6(5-9)13-8(14-7)11-4-2/h3-5H2,1-2H3,(H2,10,11,12,13,14). The Labute approximate surface area is 97.3 Å². The Bertz CT molecular complexity index is 267. The maximum absolute atomic E-state index is 4.24. The van der Waals surface area contributed by atoms with E-state index in [0.29, 0.717) is 11.9 Å². The topological polar surface area (TPSA) is 62.7 Å². The van der Waals surface area contributed by atoms with Crippen molar-refractivity contribution in [2.24, 2.45) is 0 Å². The van der Waals surface area contributed by atoms with Gasteiger partial charge in [-0.05, 0) is 13.8 Å². The third kappa shape index (κ3) is 3.24. The molecule has 2 N–H and O–H groups in total. The van der Waals surface area contributed by atoms with Gasteiger partial charge in [0.05, 0.1) is 4.43 Å². The minimum atomic E-state index is 0.644. The molecule has 0 radical (unpaired) electrons. The highest BCUT2D eigenvalue weighted by Crippen LogP contribution is 2.07. The smallest absolute Gasteiger partial charge is 0.227 e. The van der Waals surface area contributed by atoms with Gasteiger partial charge in [-0.15, -0.1) is 0 Å². The number of anilines is 2. The molecule has 0 saturated heterocycles. The Morgan fingerprint density at radius 1 is 1.00 bits per heavy atom. The van der Waals surface area contributed by atoms with Crippen LogP contribution in [0.4, 0.5) is 11.9 Å². The number of hydrogen-bond acceptors (Lipinski definition) is 5. The van der Waals surface area contributed by atoms with E-state index in [1.807, 2.05) is 13.8 Å². The van der Waals surface area contributed by atoms with E-state index in [2.05, 4.69) is 48.2 Å². The fourth-order valence-corrected chi connectivity index (χ4v) is 1.30. The highest BCUT2D eigenvalue weighted by atomic mass is 127. The predicted octanol–water partition coefficient (Wildman–Crippen LogP) is 1.67. The van der Waals surface area contributed by atoms with Crippen LogP contribution in [-0.2, 0) is 4.43 Å². The molecule has 1 aromatic rings. The Morgan fingerprint density at radius 2 is 1.50 bits per heavy atom. The molecule has 0 amide bonds. The maximum Gasteiger partial charge on any atom is 0.227 e. The second kappa shape index (κ2) is 5.94. The largest absolute Gasteiger partial charge is 0.354 e. The van der Waals surface area contributed by atoms with Crippen LogP contribution in [0.25, 0.3) is 0 Å². The summed E-state index contributed by atoms with van der Waals surface area (Å²) in [5, 5.41) is 6.15. The Hall–Kier alpha value is -0.660. The summed E-state index contributed by atoms with van der Waals surface area (Å²) in [4.78, 5) is 12.7. The molecule has 1 rings (SSSR count). The molecule has 0 spiro atoms. The van der Waals surface area contributed by atoms with E-state index in [1.54, 1.807) is 0 Å². The second-order valence-corrected chi connectivity index (χ2v) is 3.36. The molecule has 5 nitrogen and oxygen atoms in total. The number of hydrogen-bond donors (Lipinski definition) is 2. The van der Waals surface area contributed by atoms with Crippen LogP contribution in [0.3, 0.4) is 0 Å². The van der Waals surface area contributed by atoms with Crippen molar-refractivity contribution in [3.8, 4) is 0 Å². The van der Waals surface area contributed by atoms with Gasteiger partial charge in [-0.25, -0.2) is 0 Å². The van der Waals surface area contributed by atoms with Crippen LogP contribution in [0, 0.1) is 0 Å². The van der Waals surface area contributed by atoms with Gasteiger partial charge in [-0.2, -0.15) is 15.0 Å². The van der Waals surface area contributed by atoms with Gasteiger partial charge < -0.3 is 10.6 Å². The fourth-order valence-electron chi connectivity index (χ4n) is 0.954. The first kappa shape index (κ1) is 11.4. The summed E-state index contributed by atoms with van der Waals surface area (Å²) in [7, 11) is 0. The summed E-state index contributed by atoms with van der Waals surface area (Å²) in [5.41, 5.74) is 0. The summed E-state index contributed by atoms with van der Waals surface area (Å²) in [6.45, 7) is 5.66. The summed E-state index contributed by atoms with van der Waals surface area (Å²) >= 11 is 2.24. The molecule has 0 bridgehead atoms. The number of halogens is 1. The van der Waals surface area contributed by atoms with Crippen LogP contribution in [0.5, 0.6) is 0 Å². The van der Waals surface area contributed by atoms with Crippen molar-refractivity contribution >= 4 is 34.5 Å². The van der Waals surface area contributed by atoms with Gasteiger partial charge in [0.2, 0.25) is 11.9 Å². The third-order valence-corrected chi connectivity index (χ3v) is 2.15. The van der Waals surface area contributed by atoms with Crippen LogP contribution in [0.1, 0.15) is 19.7 Å². The fraction of sp³-hybridized carbons (Fsp3) is 0.625. The van der Waals surface area contributed by atoms with E-state index < -0.39 is 0 Å². The van der Waals surface area contributed by atoms with Crippen LogP contribution >= 0.6 is 22.6 Å². The van der Waals surface area contributed by atoms with E-state index in [0.717, 1.165) is 23.3 Å². The summed E-state index contributed by atoms with van der Waals surface area (Å²) in [6, 6.07) is 0. The van der Waals surface area contributed by atoms with E-state index >= 15 is 0 Å².